The maximum Gasteiger partial charge on any atom is 0.318 e. The van der Waals surface area contributed by atoms with Gasteiger partial charge in [0.1, 0.15) is 0 Å². The fourth-order valence-corrected chi connectivity index (χ4v) is 3.63. The minimum atomic E-state index is 0.113. The van der Waals surface area contributed by atoms with Crippen LogP contribution >= 0.6 is 0 Å². The predicted molar refractivity (Wildman–Crippen MR) is 65.8 cm³/mol. The Morgan fingerprint density at radius 3 is 3.00 bits per heavy atom. The molecule has 1 N–H and O–H groups in total. The molecule has 0 bridgehead atoms. The summed E-state index contributed by atoms with van der Waals surface area (Å²) in [7, 11) is 0. The molecule has 0 aromatic carbocycles. The van der Waals surface area contributed by atoms with Gasteiger partial charge in [-0.1, -0.05) is 6.42 Å². The second-order valence-corrected chi connectivity index (χ2v) is 5.73. The van der Waals surface area contributed by atoms with Gasteiger partial charge in [0.25, 0.3) is 0 Å². The van der Waals surface area contributed by atoms with Gasteiger partial charge in [-0.05, 0) is 24.7 Å². The number of urea groups is 1. The van der Waals surface area contributed by atoms with Gasteiger partial charge < -0.3 is 14.8 Å². The first kappa shape index (κ1) is 10.4. The molecule has 3 aliphatic rings. The Bertz CT molecular complexity index is 473. The summed E-state index contributed by atoms with van der Waals surface area (Å²) in [5.74, 6) is 1.56. The van der Waals surface area contributed by atoms with Crippen molar-refractivity contribution in [3.63, 3.8) is 0 Å². The lowest BCUT2D eigenvalue weighted by Crippen LogP contribution is -2.45. The lowest BCUT2D eigenvalue weighted by Gasteiger charge is -2.28. The summed E-state index contributed by atoms with van der Waals surface area (Å²) in [5, 5.41) is 3.21. The van der Waals surface area contributed by atoms with Gasteiger partial charge in [0, 0.05) is 25.3 Å². The number of nitrogens with one attached hydrogen (secondary N) is 1. The first-order valence-corrected chi connectivity index (χ1v) is 6.87. The van der Waals surface area contributed by atoms with Crippen molar-refractivity contribution >= 4 is 6.03 Å². The quantitative estimate of drug-likeness (QED) is 0.809. The molecule has 2 amide bonds. The number of hydrogen-bond acceptors (Lipinski definition) is 2. The number of hydrogen-bond donors (Lipinski definition) is 1. The van der Waals surface area contributed by atoms with Crippen LogP contribution in [0.3, 0.4) is 0 Å². The fourth-order valence-electron chi connectivity index (χ4n) is 3.63. The number of imidazole rings is 1. The van der Waals surface area contributed by atoms with E-state index in [1.807, 2.05) is 17.4 Å². The third-order valence-corrected chi connectivity index (χ3v) is 4.75. The fraction of sp³-hybridized carbons (Fsp3) is 0.692. The molecule has 3 atom stereocenters. The van der Waals surface area contributed by atoms with E-state index in [1.54, 1.807) is 0 Å². The summed E-state index contributed by atoms with van der Waals surface area (Å²) in [6, 6.07) is 0.583. The molecule has 1 aromatic rings. The van der Waals surface area contributed by atoms with E-state index in [2.05, 4.69) is 14.9 Å². The number of carbonyl (C=O) groups is 1. The second kappa shape index (κ2) is 3.73. The summed E-state index contributed by atoms with van der Waals surface area (Å²) in [5.41, 5.74) is 1.13. The molecule has 2 aliphatic carbocycles. The molecule has 2 fully saturated rings. The summed E-state index contributed by atoms with van der Waals surface area (Å²) < 4.78 is 2.12. The SMILES string of the molecule is O=C(NC1[C@H]2CCC[C@@H]12)N1CCn2cncc2C1. The second-order valence-electron chi connectivity index (χ2n) is 5.73. The van der Waals surface area contributed by atoms with Gasteiger partial charge in [-0.3, -0.25) is 0 Å². The Hall–Kier alpha value is -1.52. The van der Waals surface area contributed by atoms with Crippen molar-refractivity contribution in [3.8, 4) is 0 Å². The summed E-state index contributed by atoms with van der Waals surface area (Å²) in [6.07, 6.45) is 7.66. The molecule has 4 rings (SSSR count). The van der Waals surface area contributed by atoms with Crippen molar-refractivity contribution in [2.45, 2.75) is 38.4 Å². The van der Waals surface area contributed by atoms with Crippen LogP contribution in [0.4, 0.5) is 4.79 Å². The van der Waals surface area contributed by atoms with E-state index in [0.29, 0.717) is 12.6 Å². The van der Waals surface area contributed by atoms with Crippen LogP contribution < -0.4 is 5.32 Å². The molecule has 0 spiro atoms. The van der Waals surface area contributed by atoms with Crippen LogP contribution in [0.5, 0.6) is 0 Å². The number of nitrogens with zero attached hydrogens (tertiary/aromatic N) is 3. The van der Waals surface area contributed by atoms with Gasteiger partial charge in [-0.25, -0.2) is 9.78 Å². The highest BCUT2D eigenvalue weighted by Crippen LogP contribution is 2.51. The third-order valence-electron chi connectivity index (χ3n) is 4.75. The molecule has 2 saturated carbocycles. The Morgan fingerprint density at radius 2 is 2.17 bits per heavy atom. The summed E-state index contributed by atoms with van der Waals surface area (Å²) >= 11 is 0. The zero-order valence-electron chi connectivity index (χ0n) is 10.4. The minimum absolute atomic E-state index is 0.113. The highest BCUT2D eigenvalue weighted by atomic mass is 16.2. The highest BCUT2D eigenvalue weighted by molar-refractivity contribution is 5.75. The molecule has 0 saturated heterocycles. The zero-order chi connectivity index (χ0) is 12.1. The van der Waals surface area contributed by atoms with Crippen molar-refractivity contribution in [2.75, 3.05) is 6.54 Å². The molecule has 18 heavy (non-hydrogen) atoms. The maximum atomic E-state index is 12.2. The van der Waals surface area contributed by atoms with E-state index in [1.165, 1.54) is 19.3 Å². The Balaban J connectivity index is 1.38. The maximum absolute atomic E-state index is 12.2. The van der Waals surface area contributed by atoms with Crippen molar-refractivity contribution in [1.29, 1.82) is 0 Å². The molecule has 0 radical (unpaired) electrons. The van der Waals surface area contributed by atoms with Crippen molar-refractivity contribution in [1.82, 2.24) is 19.8 Å². The molecule has 1 aromatic heterocycles. The Labute approximate surface area is 106 Å². The number of aromatic nitrogens is 2. The Morgan fingerprint density at radius 1 is 1.33 bits per heavy atom. The number of carbonyl (C=O) groups excluding carboxylic acids is 1. The number of amides is 2. The monoisotopic (exact) mass is 246 g/mol. The molecule has 5 heteroatoms. The topological polar surface area (TPSA) is 50.2 Å². The van der Waals surface area contributed by atoms with Crippen LogP contribution in [0.15, 0.2) is 12.5 Å². The first-order valence-electron chi connectivity index (χ1n) is 6.87. The lowest BCUT2D eigenvalue weighted by molar-refractivity contribution is 0.182. The van der Waals surface area contributed by atoms with Crippen molar-refractivity contribution in [3.05, 3.63) is 18.2 Å². The largest absolute Gasteiger partial charge is 0.335 e. The van der Waals surface area contributed by atoms with E-state index in [4.69, 9.17) is 0 Å². The van der Waals surface area contributed by atoms with Gasteiger partial charge in [0.05, 0.1) is 18.6 Å². The van der Waals surface area contributed by atoms with Crippen LogP contribution in [-0.4, -0.2) is 33.1 Å². The predicted octanol–water partition coefficient (Wildman–Crippen LogP) is 1.21. The zero-order valence-corrected chi connectivity index (χ0v) is 10.4. The van der Waals surface area contributed by atoms with Crippen LogP contribution in [-0.2, 0) is 13.1 Å². The molecule has 5 nitrogen and oxygen atoms in total. The third kappa shape index (κ3) is 1.53. The van der Waals surface area contributed by atoms with Crippen LogP contribution in [0, 0.1) is 11.8 Å². The van der Waals surface area contributed by atoms with E-state index >= 15 is 0 Å². The molecule has 1 aliphatic heterocycles. The molecule has 2 heterocycles. The normalized spacial score (nSPS) is 32.9. The van der Waals surface area contributed by atoms with Gasteiger partial charge in [-0.2, -0.15) is 0 Å². The van der Waals surface area contributed by atoms with E-state index in [-0.39, 0.29) is 6.03 Å². The lowest BCUT2D eigenvalue weighted by atomic mass is 10.2. The highest BCUT2D eigenvalue weighted by Gasteiger charge is 2.53. The van der Waals surface area contributed by atoms with Crippen LogP contribution in [0.25, 0.3) is 0 Å². The standard InChI is InChI=1S/C13H18N4O/c18-13(15-12-10-2-1-3-11(10)12)16-4-5-17-8-14-6-9(17)7-16/h6,8,10-12H,1-5,7H2,(H,15,18)/t10-,11+,12?. The summed E-state index contributed by atoms with van der Waals surface area (Å²) in [6.45, 7) is 2.34. The van der Waals surface area contributed by atoms with Gasteiger partial charge >= 0.3 is 6.03 Å². The smallest absolute Gasteiger partial charge is 0.318 e. The van der Waals surface area contributed by atoms with Crippen LogP contribution in [0.2, 0.25) is 0 Å². The van der Waals surface area contributed by atoms with Crippen molar-refractivity contribution < 1.29 is 4.79 Å². The van der Waals surface area contributed by atoms with Gasteiger partial charge in [0.15, 0.2) is 0 Å². The molecular formula is C13H18N4O. The van der Waals surface area contributed by atoms with E-state index in [0.717, 1.165) is 30.6 Å². The first-order chi connectivity index (χ1) is 8.83. The molecular weight excluding hydrogens is 228 g/mol. The van der Waals surface area contributed by atoms with Gasteiger partial charge in [-0.15, -0.1) is 0 Å². The molecule has 1 unspecified atom stereocenters. The van der Waals surface area contributed by atoms with E-state index < -0.39 is 0 Å². The van der Waals surface area contributed by atoms with E-state index in [9.17, 15) is 4.79 Å². The average molecular weight is 246 g/mol. The summed E-state index contributed by atoms with van der Waals surface area (Å²) in [4.78, 5) is 18.2. The average Bonchev–Trinajstić information content (AvgIpc) is 2.82. The van der Waals surface area contributed by atoms with Crippen molar-refractivity contribution in [2.24, 2.45) is 11.8 Å². The Kier molecular flexibility index (Phi) is 2.16. The van der Waals surface area contributed by atoms with Gasteiger partial charge in [0.2, 0.25) is 0 Å². The number of rotatable bonds is 1. The minimum Gasteiger partial charge on any atom is -0.335 e. The number of fused-ring (bicyclic) bond motifs is 2. The molecule has 96 valence electrons. The van der Waals surface area contributed by atoms with Crippen LogP contribution in [0.1, 0.15) is 25.0 Å².